The van der Waals surface area contributed by atoms with Crippen molar-refractivity contribution in [3.63, 3.8) is 0 Å². The van der Waals surface area contributed by atoms with Gasteiger partial charge in [0.15, 0.2) is 0 Å². The molecule has 1 heterocycles. The van der Waals surface area contributed by atoms with E-state index in [9.17, 15) is 0 Å². The van der Waals surface area contributed by atoms with Gasteiger partial charge >= 0.3 is 0 Å². The van der Waals surface area contributed by atoms with Gasteiger partial charge in [-0.15, -0.1) is 0 Å². The van der Waals surface area contributed by atoms with Gasteiger partial charge in [-0.3, -0.25) is 0 Å². The van der Waals surface area contributed by atoms with Gasteiger partial charge in [-0.25, -0.2) is 0 Å². The number of nitrogens with one attached hydrogen (secondary N) is 1. The Morgan fingerprint density at radius 2 is 2.11 bits per heavy atom. The smallest absolute Gasteiger partial charge is 0.0210 e. The average molecular weight is 324 g/mol. The standard InChI is InChI=1S/C15H18BrNS/c1-2-17-10-13(9-12-7-8-18-11-12)14-5-3-4-6-15(14)16/h3-8,11,13,17H,2,9-10H2,1H3. The summed E-state index contributed by atoms with van der Waals surface area (Å²) in [6.45, 7) is 4.20. The van der Waals surface area contributed by atoms with Crippen LogP contribution in [0.25, 0.3) is 0 Å². The average Bonchev–Trinajstić information content (AvgIpc) is 2.88. The van der Waals surface area contributed by atoms with Crippen LogP contribution in [-0.4, -0.2) is 13.1 Å². The van der Waals surface area contributed by atoms with Gasteiger partial charge in [-0.2, -0.15) is 11.3 Å². The minimum absolute atomic E-state index is 0.523. The van der Waals surface area contributed by atoms with Crippen LogP contribution < -0.4 is 5.32 Å². The van der Waals surface area contributed by atoms with Crippen molar-refractivity contribution in [3.05, 3.63) is 56.7 Å². The van der Waals surface area contributed by atoms with Crippen molar-refractivity contribution in [2.45, 2.75) is 19.3 Å². The Kier molecular flexibility index (Phi) is 5.42. The summed E-state index contributed by atoms with van der Waals surface area (Å²) >= 11 is 5.44. The Hall–Kier alpha value is -0.640. The molecule has 2 aromatic rings. The summed E-state index contributed by atoms with van der Waals surface area (Å²) in [5.74, 6) is 0.523. The van der Waals surface area contributed by atoms with E-state index in [1.165, 1.54) is 15.6 Å². The number of benzene rings is 1. The fourth-order valence-electron chi connectivity index (χ4n) is 2.11. The third-order valence-corrected chi connectivity index (χ3v) is 4.50. The monoisotopic (exact) mass is 323 g/mol. The zero-order chi connectivity index (χ0) is 12.8. The van der Waals surface area contributed by atoms with E-state index in [2.05, 4.69) is 69.3 Å². The van der Waals surface area contributed by atoms with Crippen molar-refractivity contribution in [2.75, 3.05) is 13.1 Å². The molecule has 0 spiro atoms. The van der Waals surface area contributed by atoms with Gasteiger partial charge in [0.2, 0.25) is 0 Å². The quantitative estimate of drug-likeness (QED) is 0.828. The molecule has 0 fully saturated rings. The first kappa shape index (κ1) is 13.8. The maximum atomic E-state index is 3.67. The highest BCUT2D eigenvalue weighted by atomic mass is 79.9. The van der Waals surface area contributed by atoms with Crippen LogP contribution >= 0.6 is 27.3 Å². The summed E-state index contributed by atoms with van der Waals surface area (Å²) in [4.78, 5) is 0. The first-order valence-corrected chi connectivity index (χ1v) is 8.01. The lowest BCUT2D eigenvalue weighted by Crippen LogP contribution is -2.22. The van der Waals surface area contributed by atoms with Gasteiger partial charge in [-0.05, 0) is 47.0 Å². The maximum absolute atomic E-state index is 3.67. The first-order valence-electron chi connectivity index (χ1n) is 6.27. The summed E-state index contributed by atoms with van der Waals surface area (Å²) in [5, 5.41) is 7.87. The molecule has 1 aromatic carbocycles. The van der Waals surface area contributed by atoms with Gasteiger partial charge in [0, 0.05) is 16.9 Å². The third kappa shape index (κ3) is 3.67. The Labute approximate surface area is 121 Å². The van der Waals surface area contributed by atoms with Crippen molar-refractivity contribution in [1.29, 1.82) is 0 Å². The molecule has 3 heteroatoms. The molecule has 18 heavy (non-hydrogen) atoms. The molecule has 0 aliphatic rings. The number of likely N-dealkylation sites (N-methyl/N-ethyl adjacent to an activating group) is 1. The highest BCUT2D eigenvalue weighted by Crippen LogP contribution is 2.28. The molecule has 0 amide bonds. The summed E-state index contributed by atoms with van der Waals surface area (Å²) < 4.78 is 1.21. The lowest BCUT2D eigenvalue weighted by molar-refractivity contribution is 0.594. The van der Waals surface area contributed by atoms with Gasteiger partial charge in [-0.1, -0.05) is 41.1 Å². The summed E-state index contributed by atoms with van der Waals surface area (Å²) in [6, 6.07) is 10.8. The van der Waals surface area contributed by atoms with E-state index in [0.29, 0.717) is 5.92 Å². The topological polar surface area (TPSA) is 12.0 Å². The number of halogens is 1. The van der Waals surface area contributed by atoms with Gasteiger partial charge in [0.25, 0.3) is 0 Å². The predicted molar refractivity (Wildman–Crippen MR) is 83.4 cm³/mol. The summed E-state index contributed by atoms with van der Waals surface area (Å²) in [6.07, 6.45) is 1.10. The third-order valence-electron chi connectivity index (χ3n) is 3.05. The molecule has 0 radical (unpaired) electrons. The molecular weight excluding hydrogens is 306 g/mol. The largest absolute Gasteiger partial charge is 0.316 e. The molecule has 96 valence electrons. The van der Waals surface area contributed by atoms with Crippen LogP contribution in [0.2, 0.25) is 0 Å². The number of hydrogen-bond donors (Lipinski definition) is 1. The molecule has 1 N–H and O–H groups in total. The van der Waals surface area contributed by atoms with Gasteiger partial charge in [0.1, 0.15) is 0 Å². The van der Waals surface area contributed by atoms with E-state index in [1.807, 2.05) is 0 Å². The molecule has 1 atom stereocenters. The fraction of sp³-hybridized carbons (Fsp3) is 0.333. The minimum atomic E-state index is 0.523. The molecule has 2 rings (SSSR count). The van der Waals surface area contributed by atoms with E-state index in [0.717, 1.165) is 19.5 Å². The molecule has 0 aliphatic carbocycles. The Morgan fingerprint density at radius 3 is 2.78 bits per heavy atom. The minimum Gasteiger partial charge on any atom is -0.316 e. The van der Waals surface area contributed by atoms with Crippen LogP contribution in [0, 0.1) is 0 Å². The van der Waals surface area contributed by atoms with Crippen LogP contribution in [0.4, 0.5) is 0 Å². The predicted octanol–water partition coefficient (Wildman–Crippen LogP) is 4.45. The number of thiophene rings is 1. The highest BCUT2D eigenvalue weighted by molar-refractivity contribution is 9.10. The second-order valence-corrected chi connectivity index (χ2v) is 6.00. The summed E-state index contributed by atoms with van der Waals surface area (Å²) in [5.41, 5.74) is 2.82. The number of rotatable bonds is 6. The van der Waals surface area contributed by atoms with Gasteiger partial charge < -0.3 is 5.32 Å². The van der Waals surface area contributed by atoms with E-state index in [-0.39, 0.29) is 0 Å². The van der Waals surface area contributed by atoms with Gasteiger partial charge in [0.05, 0.1) is 0 Å². The van der Waals surface area contributed by atoms with E-state index in [1.54, 1.807) is 11.3 Å². The van der Waals surface area contributed by atoms with Crippen molar-refractivity contribution < 1.29 is 0 Å². The van der Waals surface area contributed by atoms with E-state index >= 15 is 0 Å². The molecule has 0 bridgehead atoms. The second-order valence-electron chi connectivity index (χ2n) is 4.36. The SMILES string of the molecule is CCNCC(Cc1ccsc1)c1ccccc1Br. The molecule has 1 unspecified atom stereocenters. The molecule has 0 aliphatic heterocycles. The van der Waals surface area contributed by atoms with Crippen molar-refractivity contribution in [1.82, 2.24) is 5.32 Å². The second kappa shape index (κ2) is 7.07. The number of hydrogen-bond acceptors (Lipinski definition) is 2. The lowest BCUT2D eigenvalue weighted by atomic mass is 9.93. The zero-order valence-electron chi connectivity index (χ0n) is 10.5. The highest BCUT2D eigenvalue weighted by Gasteiger charge is 2.14. The maximum Gasteiger partial charge on any atom is 0.0210 e. The van der Waals surface area contributed by atoms with E-state index < -0.39 is 0 Å². The zero-order valence-corrected chi connectivity index (χ0v) is 12.9. The van der Waals surface area contributed by atoms with Crippen LogP contribution in [0.3, 0.4) is 0 Å². The molecular formula is C15H18BrNS. The van der Waals surface area contributed by atoms with Crippen molar-refractivity contribution in [3.8, 4) is 0 Å². The molecule has 1 nitrogen and oxygen atoms in total. The van der Waals surface area contributed by atoms with E-state index in [4.69, 9.17) is 0 Å². The molecule has 1 aromatic heterocycles. The Balaban J connectivity index is 2.16. The van der Waals surface area contributed by atoms with Crippen LogP contribution in [0.5, 0.6) is 0 Å². The van der Waals surface area contributed by atoms with Crippen LogP contribution in [-0.2, 0) is 6.42 Å². The van der Waals surface area contributed by atoms with Crippen molar-refractivity contribution >= 4 is 27.3 Å². The lowest BCUT2D eigenvalue weighted by Gasteiger charge is -2.18. The molecule has 0 saturated heterocycles. The summed E-state index contributed by atoms with van der Waals surface area (Å²) in [7, 11) is 0. The fourth-order valence-corrected chi connectivity index (χ4v) is 3.40. The normalized spacial score (nSPS) is 12.6. The Bertz CT molecular complexity index is 467. The first-order chi connectivity index (χ1) is 8.81. The van der Waals surface area contributed by atoms with Crippen molar-refractivity contribution in [2.24, 2.45) is 0 Å². The van der Waals surface area contributed by atoms with Crippen LogP contribution in [0.15, 0.2) is 45.6 Å². The molecule has 0 saturated carbocycles. The Morgan fingerprint density at radius 1 is 1.28 bits per heavy atom. The van der Waals surface area contributed by atoms with Crippen LogP contribution in [0.1, 0.15) is 24.0 Å².